The van der Waals surface area contributed by atoms with Gasteiger partial charge in [-0.3, -0.25) is 9.59 Å². The normalized spacial score (nSPS) is 10.9. The van der Waals surface area contributed by atoms with Crippen LogP contribution >= 0.6 is 0 Å². The highest BCUT2D eigenvalue weighted by molar-refractivity contribution is 6.11. The van der Waals surface area contributed by atoms with Crippen LogP contribution in [0.15, 0.2) is 64.3 Å². The molecule has 0 aliphatic carbocycles. The van der Waals surface area contributed by atoms with Crippen LogP contribution < -0.4 is 16.6 Å². The SMILES string of the molecule is CCOC(=O)c1ccc(NC(=O)c2cn(C)c3c(=O)n(-c4ccc(C)cc4)c(=O)[nH]c23)cc1. The number of carbonyl (C=O) groups is 2. The van der Waals surface area contributed by atoms with Crippen LogP contribution in [0.5, 0.6) is 0 Å². The summed E-state index contributed by atoms with van der Waals surface area (Å²) in [7, 11) is 1.63. The summed E-state index contributed by atoms with van der Waals surface area (Å²) < 4.78 is 7.49. The third kappa shape index (κ3) is 4.08. The van der Waals surface area contributed by atoms with Crippen molar-refractivity contribution in [3.05, 3.63) is 92.3 Å². The topological polar surface area (TPSA) is 115 Å². The van der Waals surface area contributed by atoms with Crippen molar-refractivity contribution in [3.8, 4) is 5.69 Å². The second-order valence-corrected chi connectivity index (χ2v) is 7.54. The van der Waals surface area contributed by atoms with Gasteiger partial charge in [0.25, 0.3) is 11.5 Å². The van der Waals surface area contributed by atoms with Gasteiger partial charge in [0.1, 0.15) is 5.52 Å². The van der Waals surface area contributed by atoms with E-state index in [1.54, 1.807) is 50.4 Å². The monoisotopic (exact) mass is 446 g/mol. The van der Waals surface area contributed by atoms with E-state index in [1.807, 2.05) is 19.1 Å². The number of aromatic amines is 1. The molecule has 0 fully saturated rings. The number of esters is 1. The largest absolute Gasteiger partial charge is 0.462 e. The first-order valence-corrected chi connectivity index (χ1v) is 10.3. The van der Waals surface area contributed by atoms with E-state index < -0.39 is 23.1 Å². The zero-order valence-electron chi connectivity index (χ0n) is 18.3. The lowest BCUT2D eigenvalue weighted by atomic mass is 10.2. The van der Waals surface area contributed by atoms with Crippen molar-refractivity contribution in [2.24, 2.45) is 7.05 Å². The first-order valence-electron chi connectivity index (χ1n) is 10.3. The summed E-state index contributed by atoms with van der Waals surface area (Å²) in [6, 6.07) is 13.2. The highest BCUT2D eigenvalue weighted by Crippen LogP contribution is 2.18. The maximum Gasteiger partial charge on any atom is 0.338 e. The lowest BCUT2D eigenvalue weighted by Crippen LogP contribution is -2.34. The Morgan fingerprint density at radius 1 is 1.03 bits per heavy atom. The van der Waals surface area contributed by atoms with Gasteiger partial charge in [0.2, 0.25) is 0 Å². The van der Waals surface area contributed by atoms with Crippen LogP contribution in [0.3, 0.4) is 0 Å². The second-order valence-electron chi connectivity index (χ2n) is 7.54. The van der Waals surface area contributed by atoms with Crippen LogP contribution in [0.2, 0.25) is 0 Å². The van der Waals surface area contributed by atoms with Crippen LogP contribution in [0, 0.1) is 6.92 Å². The number of carbonyl (C=O) groups excluding carboxylic acids is 2. The van der Waals surface area contributed by atoms with Crippen LogP contribution in [-0.2, 0) is 11.8 Å². The van der Waals surface area contributed by atoms with Crippen LogP contribution in [0.25, 0.3) is 16.7 Å². The summed E-state index contributed by atoms with van der Waals surface area (Å²) in [5.41, 5.74) is 1.55. The lowest BCUT2D eigenvalue weighted by molar-refractivity contribution is 0.0526. The van der Waals surface area contributed by atoms with Crippen LogP contribution in [0.1, 0.15) is 33.2 Å². The predicted octanol–water partition coefficient (Wildman–Crippen LogP) is 2.75. The molecule has 0 aliphatic rings. The number of anilines is 1. The summed E-state index contributed by atoms with van der Waals surface area (Å²) in [6.07, 6.45) is 1.49. The molecule has 2 aromatic heterocycles. The molecule has 0 unspecified atom stereocenters. The number of benzene rings is 2. The Bertz CT molecular complexity index is 1480. The number of nitrogens with one attached hydrogen (secondary N) is 2. The zero-order valence-corrected chi connectivity index (χ0v) is 18.3. The lowest BCUT2D eigenvalue weighted by Gasteiger charge is -2.07. The average molecular weight is 446 g/mol. The summed E-state index contributed by atoms with van der Waals surface area (Å²) in [6.45, 7) is 3.89. The molecule has 1 amide bonds. The van der Waals surface area contributed by atoms with Crippen molar-refractivity contribution in [2.75, 3.05) is 11.9 Å². The molecule has 33 heavy (non-hydrogen) atoms. The van der Waals surface area contributed by atoms with E-state index in [2.05, 4.69) is 10.3 Å². The molecule has 2 aromatic carbocycles. The molecule has 0 atom stereocenters. The Balaban J connectivity index is 1.70. The molecule has 4 aromatic rings. The Morgan fingerprint density at radius 3 is 2.33 bits per heavy atom. The van der Waals surface area contributed by atoms with Crippen molar-refractivity contribution in [1.29, 1.82) is 0 Å². The fourth-order valence-corrected chi connectivity index (χ4v) is 3.57. The predicted molar refractivity (Wildman–Crippen MR) is 124 cm³/mol. The Hall–Kier alpha value is -4.40. The van der Waals surface area contributed by atoms with E-state index in [0.29, 0.717) is 16.9 Å². The van der Waals surface area contributed by atoms with Gasteiger partial charge >= 0.3 is 11.7 Å². The number of ether oxygens (including phenoxy) is 1. The molecular formula is C24H22N4O5. The molecule has 0 saturated carbocycles. The number of nitrogens with zero attached hydrogens (tertiary/aromatic N) is 2. The minimum absolute atomic E-state index is 0.146. The molecular weight excluding hydrogens is 424 g/mol. The van der Waals surface area contributed by atoms with Crippen LogP contribution in [-0.4, -0.2) is 32.6 Å². The van der Waals surface area contributed by atoms with Crippen LogP contribution in [0.4, 0.5) is 5.69 Å². The molecule has 0 bridgehead atoms. The van der Waals surface area contributed by atoms with E-state index in [1.165, 1.54) is 10.8 Å². The van der Waals surface area contributed by atoms with Gasteiger partial charge in [-0.15, -0.1) is 0 Å². The fraction of sp³-hybridized carbons (Fsp3) is 0.167. The number of amides is 1. The van der Waals surface area contributed by atoms with Gasteiger partial charge in [-0.1, -0.05) is 17.7 Å². The maximum atomic E-state index is 13.2. The molecule has 9 nitrogen and oxygen atoms in total. The first kappa shape index (κ1) is 21.8. The van der Waals surface area contributed by atoms with Gasteiger partial charge in [0, 0.05) is 18.9 Å². The standard InChI is InChI=1S/C24H22N4O5/c1-4-33-23(31)15-7-9-16(10-8-15)25-21(29)18-13-27(3)20-19(18)26-24(32)28(22(20)30)17-11-5-14(2)6-12-17/h5-13H,4H2,1-3H3,(H,25,29)(H,26,32). The number of rotatable bonds is 5. The first-order chi connectivity index (χ1) is 15.8. The van der Waals surface area contributed by atoms with Gasteiger partial charge < -0.3 is 19.6 Å². The molecule has 0 saturated heterocycles. The fourth-order valence-electron chi connectivity index (χ4n) is 3.57. The Kier molecular flexibility index (Phi) is 5.70. The molecule has 0 spiro atoms. The van der Waals surface area contributed by atoms with Gasteiger partial charge in [0.15, 0.2) is 0 Å². The summed E-state index contributed by atoms with van der Waals surface area (Å²) in [4.78, 5) is 53.3. The van der Waals surface area contributed by atoms with Crippen molar-refractivity contribution in [1.82, 2.24) is 14.1 Å². The minimum atomic E-state index is -0.643. The zero-order chi connectivity index (χ0) is 23.7. The molecule has 4 rings (SSSR count). The Morgan fingerprint density at radius 2 is 1.70 bits per heavy atom. The van der Waals surface area contributed by atoms with Crippen molar-refractivity contribution >= 4 is 28.6 Å². The van der Waals surface area contributed by atoms with E-state index in [9.17, 15) is 19.2 Å². The molecule has 9 heteroatoms. The van der Waals surface area contributed by atoms with E-state index in [-0.39, 0.29) is 23.2 Å². The number of hydrogen-bond acceptors (Lipinski definition) is 5. The molecule has 2 N–H and O–H groups in total. The van der Waals surface area contributed by atoms with E-state index >= 15 is 0 Å². The maximum absolute atomic E-state index is 13.2. The van der Waals surface area contributed by atoms with Gasteiger partial charge in [0.05, 0.1) is 28.9 Å². The molecule has 0 aliphatic heterocycles. The Labute approximate surface area is 188 Å². The number of hydrogen-bond donors (Lipinski definition) is 2. The third-order valence-electron chi connectivity index (χ3n) is 5.21. The summed E-state index contributed by atoms with van der Waals surface area (Å²) in [5.74, 6) is -0.959. The highest BCUT2D eigenvalue weighted by Gasteiger charge is 2.20. The van der Waals surface area contributed by atoms with E-state index in [0.717, 1.165) is 10.1 Å². The van der Waals surface area contributed by atoms with Crippen molar-refractivity contribution in [3.63, 3.8) is 0 Å². The highest BCUT2D eigenvalue weighted by atomic mass is 16.5. The van der Waals surface area contributed by atoms with Gasteiger partial charge in [-0.2, -0.15) is 0 Å². The minimum Gasteiger partial charge on any atom is -0.462 e. The van der Waals surface area contributed by atoms with E-state index in [4.69, 9.17) is 4.74 Å². The molecule has 2 heterocycles. The third-order valence-corrected chi connectivity index (χ3v) is 5.21. The average Bonchev–Trinajstić information content (AvgIpc) is 3.12. The second kappa shape index (κ2) is 8.62. The number of H-pyrrole nitrogens is 1. The summed E-state index contributed by atoms with van der Waals surface area (Å²) >= 11 is 0. The van der Waals surface area contributed by atoms with Gasteiger partial charge in [-0.05, 0) is 50.2 Å². The summed E-state index contributed by atoms with van der Waals surface area (Å²) in [5, 5.41) is 2.72. The van der Waals surface area contributed by atoms with Crippen molar-refractivity contribution < 1.29 is 14.3 Å². The van der Waals surface area contributed by atoms with Crippen molar-refractivity contribution in [2.45, 2.75) is 13.8 Å². The smallest absolute Gasteiger partial charge is 0.338 e. The number of aromatic nitrogens is 3. The van der Waals surface area contributed by atoms with Gasteiger partial charge in [-0.25, -0.2) is 14.2 Å². The number of aryl methyl sites for hydroxylation is 2. The quantitative estimate of drug-likeness (QED) is 0.458. The molecule has 0 radical (unpaired) electrons. The molecule has 168 valence electrons. The number of fused-ring (bicyclic) bond motifs is 1.